The maximum absolute atomic E-state index is 11.5. The monoisotopic (exact) mass is 253 g/mol. The number of aromatic nitrogens is 4. The van der Waals surface area contributed by atoms with Gasteiger partial charge in [-0.1, -0.05) is 0 Å². The lowest BCUT2D eigenvalue weighted by Gasteiger charge is -2.16. The summed E-state index contributed by atoms with van der Waals surface area (Å²) in [5.74, 6) is -0.113. The van der Waals surface area contributed by atoms with Crippen LogP contribution in [-0.4, -0.2) is 42.9 Å². The summed E-state index contributed by atoms with van der Waals surface area (Å²) in [7, 11) is 0. The highest BCUT2D eigenvalue weighted by Gasteiger charge is 2.15. The number of nitrogens with two attached hydrogens (primary N) is 1. The molecule has 0 aliphatic carbocycles. The maximum Gasteiger partial charge on any atom is 0.300 e. The van der Waals surface area contributed by atoms with E-state index in [1.54, 1.807) is 4.57 Å². The fourth-order valence-corrected chi connectivity index (χ4v) is 1.84. The lowest BCUT2D eigenvalue weighted by atomic mass is 10.1. The van der Waals surface area contributed by atoms with Crippen molar-refractivity contribution >= 4 is 17.1 Å². The molecular formula is C10H15N5O3. The molecule has 0 saturated heterocycles. The summed E-state index contributed by atoms with van der Waals surface area (Å²) in [6, 6.07) is 0. The molecule has 18 heavy (non-hydrogen) atoms. The Labute approximate surface area is 102 Å². The number of anilines is 1. The van der Waals surface area contributed by atoms with Crippen molar-refractivity contribution in [1.82, 2.24) is 19.5 Å². The Morgan fingerprint density at radius 1 is 1.50 bits per heavy atom. The van der Waals surface area contributed by atoms with Gasteiger partial charge in [0, 0.05) is 25.7 Å². The van der Waals surface area contributed by atoms with Crippen molar-refractivity contribution in [3.05, 3.63) is 16.7 Å². The summed E-state index contributed by atoms with van der Waals surface area (Å²) in [5.41, 5.74) is 5.93. The first-order chi connectivity index (χ1) is 8.67. The molecule has 0 amide bonds. The first-order valence-corrected chi connectivity index (χ1v) is 5.58. The number of nitrogens with zero attached hydrogens (tertiary/aromatic N) is 3. The predicted molar refractivity (Wildman–Crippen MR) is 64.8 cm³/mol. The number of hydrogen-bond donors (Lipinski definition) is 4. The van der Waals surface area contributed by atoms with Gasteiger partial charge < -0.3 is 20.9 Å². The molecule has 2 aromatic rings. The molecule has 5 N–H and O–H groups in total. The van der Waals surface area contributed by atoms with Gasteiger partial charge in [0.25, 0.3) is 0 Å². The number of H-pyrrole nitrogens is 1. The van der Waals surface area contributed by atoms with E-state index in [2.05, 4.69) is 15.0 Å². The second-order valence-corrected chi connectivity index (χ2v) is 4.05. The molecule has 2 heterocycles. The highest BCUT2D eigenvalue weighted by atomic mass is 16.3. The lowest BCUT2D eigenvalue weighted by molar-refractivity contribution is 0.171. The Kier molecular flexibility index (Phi) is 3.58. The van der Waals surface area contributed by atoms with Crippen LogP contribution in [-0.2, 0) is 6.54 Å². The van der Waals surface area contributed by atoms with Crippen molar-refractivity contribution in [2.24, 2.45) is 5.92 Å². The first kappa shape index (κ1) is 12.5. The van der Waals surface area contributed by atoms with E-state index in [4.69, 9.17) is 10.8 Å². The van der Waals surface area contributed by atoms with Gasteiger partial charge in [-0.25, -0.2) is 4.98 Å². The highest BCUT2D eigenvalue weighted by Crippen LogP contribution is 2.13. The zero-order valence-electron chi connectivity index (χ0n) is 9.70. The fraction of sp³-hybridized carbons (Fsp3) is 0.500. The second kappa shape index (κ2) is 5.15. The summed E-state index contributed by atoms with van der Waals surface area (Å²) in [4.78, 5) is 22.0. The van der Waals surface area contributed by atoms with Gasteiger partial charge in [-0.2, -0.15) is 4.98 Å². The Hall–Kier alpha value is -1.93. The van der Waals surface area contributed by atoms with Crippen LogP contribution in [0.15, 0.2) is 11.1 Å². The summed E-state index contributed by atoms with van der Waals surface area (Å²) in [5, 5.41) is 18.1. The SMILES string of the molecule is Nc1nc(=O)c2[nH]cnc2n1CC(CO)CCO. The number of fused-ring (bicyclic) bond motifs is 1. The van der Waals surface area contributed by atoms with E-state index in [1.807, 2.05) is 0 Å². The quantitative estimate of drug-likeness (QED) is 0.523. The van der Waals surface area contributed by atoms with Crippen LogP contribution in [0.25, 0.3) is 11.2 Å². The van der Waals surface area contributed by atoms with E-state index in [9.17, 15) is 9.90 Å². The summed E-state index contributed by atoms with van der Waals surface area (Å²) in [6.45, 7) is 0.234. The van der Waals surface area contributed by atoms with Crippen molar-refractivity contribution in [2.45, 2.75) is 13.0 Å². The van der Waals surface area contributed by atoms with Crippen molar-refractivity contribution < 1.29 is 10.2 Å². The van der Waals surface area contributed by atoms with Gasteiger partial charge in [0.1, 0.15) is 0 Å². The van der Waals surface area contributed by atoms with Crippen LogP contribution in [0.1, 0.15) is 6.42 Å². The van der Waals surface area contributed by atoms with Gasteiger partial charge >= 0.3 is 5.56 Å². The van der Waals surface area contributed by atoms with Crippen molar-refractivity contribution in [3.8, 4) is 0 Å². The zero-order chi connectivity index (χ0) is 13.1. The number of nitrogens with one attached hydrogen (secondary N) is 1. The van der Waals surface area contributed by atoms with Crippen molar-refractivity contribution in [1.29, 1.82) is 0 Å². The van der Waals surface area contributed by atoms with Crippen LogP contribution < -0.4 is 11.3 Å². The minimum atomic E-state index is -0.459. The summed E-state index contributed by atoms with van der Waals surface area (Å²) in [6.07, 6.45) is 1.83. The van der Waals surface area contributed by atoms with Gasteiger partial charge in [0.2, 0.25) is 5.95 Å². The molecule has 0 radical (unpaired) electrons. The van der Waals surface area contributed by atoms with Crippen LogP contribution >= 0.6 is 0 Å². The number of aromatic amines is 1. The van der Waals surface area contributed by atoms with Crippen molar-refractivity contribution in [2.75, 3.05) is 18.9 Å². The smallest absolute Gasteiger partial charge is 0.300 e. The van der Waals surface area contributed by atoms with Gasteiger partial charge in [-0.3, -0.25) is 9.36 Å². The molecule has 0 aliphatic heterocycles. The molecule has 2 rings (SSSR count). The highest BCUT2D eigenvalue weighted by molar-refractivity contribution is 5.70. The molecule has 0 saturated carbocycles. The van der Waals surface area contributed by atoms with Gasteiger partial charge in [0.05, 0.1) is 6.33 Å². The van der Waals surface area contributed by atoms with E-state index < -0.39 is 5.56 Å². The molecule has 0 spiro atoms. The average molecular weight is 253 g/mol. The molecule has 1 unspecified atom stereocenters. The number of nitrogen functional groups attached to an aromatic ring is 1. The second-order valence-electron chi connectivity index (χ2n) is 4.05. The predicted octanol–water partition coefficient (Wildman–Crippen LogP) is -1.31. The van der Waals surface area contributed by atoms with Crippen LogP contribution in [0.4, 0.5) is 5.95 Å². The molecule has 0 fully saturated rings. The number of aliphatic hydroxyl groups excluding tert-OH is 2. The molecule has 1 atom stereocenters. The minimum absolute atomic E-state index is 0.0253. The van der Waals surface area contributed by atoms with Gasteiger partial charge in [-0.05, 0) is 6.42 Å². The zero-order valence-corrected chi connectivity index (χ0v) is 9.70. The first-order valence-electron chi connectivity index (χ1n) is 5.58. The molecule has 98 valence electrons. The Balaban J connectivity index is 2.43. The average Bonchev–Trinajstić information content (AvgIpc) is 2.82. The number of imidazole rings is 1. The maximum atomic E-state index is 11.5. The van der Waals surface area contributed by atoms with Crippen LogP contribution in [0, 0.1) is 5.92 Å². The van der Waals surface area contributed by atoms with Crippen LogP contribution in [0.2, 0.25) is 0 Å². The van der Waals surface area contributed by atoms with E-state index >= 15 is 0 Å². The topological polar surface area (TPSA) is 130 Å². The Morgan fingerprint density at radius 2 is 2.28 bits per heavy atom. The van der Waals surface area contributed by atoms with Crippen LogP contribution in [0.3, 0.4) is 0 Å². The molecule has 8 heteroatoms. The standard InChI is InChI=1S/C10H15N5O3/c11-10-14-9(18)7-8(13-5-12-7)15(10)3-6(4-17)1-2-16/h5-6,16-17H,1-4H2,(H,12,13)(H2,11,14,18). The molecule has 0 bridgehead atoms. The summed E-state index contributed by atoms with van der Waals surface area (Å²) < 4.78 is 1.56. The molecule has 0 aliphatic rings. The minimum Gasteiger partial charge on any atom is -0.396 e. The summed E-state index contributed by atoms with van der Waals surface area (Å²) >= 11 is 0. The third-order valence-corrected chi connectivity index (χ3v) is 2.82. The molecular weight excluding hydrogens is 238 g/mol. The van der Waals surface area contributed by atoms with Gasteiger partial charge in [-0.15, -0.1) is 0 Å². The Bertz CT molecular complexity index is 591. The van der Waals surface area contributed by atoms with Gasteiger partial charge in [0.15, 0.2) is 11.2 Å². The van der Waals surface area contributed by atoms with E-state index in [0.717, 1.165) is 0 Å². The van der Waals surface area contributed by atoms with E-state index in [-0.39, 0.29) is 30.6 Å². The number of rotatable bonds is 5. The van der Waals surface area contributed by atoms with E-state index in [1.165, 1.54) is 6.33 Å². The van der Waals surface area contributed by atoms with Crippen molar-refractivity contribution in [3.63, 3.8) is 0 Å². The van der Waals surface area contributed by atoms with Crippen LogP contribution in [0.5, 0.6) is 0 Å². The third kappa shape index (κ3) is 2.20. The number of aliphatic hydroxyl groups is 2. The molecule has 8 nitrogen and oxygen atoms in total. The third-order valence-electron chi connectivity index (χ3n) is 2.82. The molecule has 0 aromatic carbocycles. The fourth-order valence-electron chi connectivity index (χ4n) is 1.84. The molecule has 2 aromatic heterocycles. The largest absolute Gasteiger partial charge is 0.396 e. The normalized spacial score (nSPS) is 13.0. The number of hydrogen-bond acceptors (Lipinski definition) is 6. The van der Waals surface area contributed by atoms with E-state index in [0.29, 0.717) is 18.6 Å². The lowest BCUT2D eigenvalue weighted by Crippen LogP contribution is -2.23. The Morgan fingerprint density at radius 3 is 2.94 bits per heavy atom.